The number of benzene rings is 1. The predicted octanol–water partition coefficient (Wildman–Crippen LogP) is 3.17. The third kappa shape index (κ3) is 3.60. The van der Waals surface area contributed by atoms with E-state index in [9.17, 15) is 14.7 Å². The molecule has 0 radical (unpaired) electrons. The van der Waals surface area contributed by atoms with Crippen molar-refractivity contribution in [3.05, 3.63) is 35.4 Å². The molecule has 26 heavy (non-hydrogen) atoms. The molecule has 0 bridgehead atoms. The number of fused-ring (bicyclic) bond motifs is 1. The number of carboxylic acids is 1. The molecule has 0 spiro atoms. The van der Waals surface area contributed by atoms with E-state index in [-0.39, 0.29) is 36.3 Å². The van der Waals surface area contributed by atoms with Crippen molar-refractivity contribution in [1.82, 2.24) is 10.2 Å². The molecule has 2 aliphatic rings. The van der Waals surface area contributed by atoms with Gasteiger partial charge in [0.15, 0.2) is 0 Å². The Morgan fingerprint density at radius 2 is 2.00 bits per heavy atom. The van der Waals surface area contributed by atoms with Crippen molar-refractivity contribution in [2.45, 2.75) is 52.1 Å². The molecule has 6 heteroatoms. The predicted molar refractivity (Wildman–Crippen MR) is 103 cm³/mol. The van der Waals surface area contributed by atoms with E-state index in [4.69, 9.17) is 0 Å². The van der Waals surface area contributed by atoms with Crippen molar-refractivity contribution in [3.8, 4) is 0 Å². The van der Waals surface area contributed by atoms with Crippen molar-refractivity contribution in [1.29, 1.82) is 0 Å². The molecule has 1 saturated carbocycles. The third-order valence-corrected chi connectivity index (χ3v) is 6.26. The number of nitrogens with one attached hydrogen (secondary N) is 1. The summed E-state index contributed by atoms with van der Waals surface area (Å²) in [6.45, 7) is 7.11. The van der Waals surface area contributed by atoms with Gasteiger partial charge in [-0.1, -0.05) is 30.7 Å². The van der Waals surface area contributed by atoms with Crippen LogP contribution in [0, 0.1) is 18.3 Å². The lowest BCUT2D eigenvalue weighted by Crippen LogP contribution is -2.46. The number of aryl methyl sites for hydroxylation is 1. The van der Waals surface area contributed by atoms with Crippen LogP contribution < -0.4 is 5.32 Å². The van der Waals surface area contributed by atoms with Gasteiger partial charge in [-0.25, -0.2) is 0 Å². The molecule has 1 saturated heterocycles. The van der Waals surface area contributed by atoms with E-state index in [0.29, 0.717) is 13.1 Å². The Bertz CT molecular complexity index is 681. The smallest absolute Gasteiger partial charge is 0.311 e. The van der Waals surface area contributed by atoms with Crippen LogP contribution in [0.1, 0.15) is 50.3 Å². The Hall–Kier alpha value is -1.59. The zero-order valence-electron chi connectivity index (χ0n) is 15.7. The fourth-order valence-corrected chi connectivity index (χ4v) is 4.62. The maximum absolute atomic E-state index is 12.7. The van der Waals surface area contributed by atoms with Gasteiger partial charge in [-0.05, 0) is 50.7 Å². The second kappa shape index (κ2) is 7.97. The van der Waals surface area contributed by atoms with E-state index in [0.717, 1.165) is 30.4 Å². The first-order chi connectivity index (χ1) is 11.8. The Morgan fingerprint density at radius 3 is 2.62 bits per heavy atom. The van der Waals surface area contributed by atoms with Gasteiger partial charge in [0.1, 0.15) is 0 Å². The van der Waals surface area contributed by atoms with Crippen LogP contribution in [-0.2, 0) is 9.59 Å². The SMILES string of the molecule is Cc1ccccc1C(C)NC(=O)C(C)N1C[C@@H]2CCC[C@@]2(C(=O)O)C1.Cl. The fourth-order valence-electron chi connectivity index (χ4n) is 4.62. The van der Waals surface area contributed by atoms with Gasteiger partial charge in [-0.2, -0.15) is 0 Å². The Labute approximate surface area is 161 Å². The number of likely N-dealkylation sites (tertiary alicyclic amines) is 1. The van der Waals surface area contributed by atoms with Crippen LogP contribution in [0.5, 0.6) is 0 Å². The largest absolute Gasteiger partial charge is 0.481 e. The highest BCUT2D eigenvalue weighted by Gasteiger charge is 2.55. The van der Waals surface area contributed by atoms with Crippen LogP contribution in [0.4, 0.5) is 0 Å². The summed E-state index contributed by atoms with van der Waals surface area (Å²) >= 11 is 0. The van der Waals surface area contributed by atoms with E-state index >= 15 is 0 Å². The van der Waals surface area contributed by atoms with Gasteiger partial charge in [-0.15, -0.1) is 12.4 Å². The van der Waals surface area contributed by atoms with Gasteiger partial charge in [0.05, 0.1) is 17.5 Å². The van der Waals surface area contributed by atoms with Crippen LogP contribution in [0.25, 0.3) is 0 Å². The summed E-state index contributed by atoms with van der Waals surface area (Å²) in [7, 11) is 0. The molecule has 2 N–H and O–H groups in total. The number of carboxylic acid groups (broad SMARTS) is 1. The van der Waals surface area contributed by atoms with Gasteiger partial charge in [0.25, 0.3) is 0 Å². The number of amides is 1. The molecule has 1 aromatic carbocycles. The van der Waals surface area contributed by atoms with Crippen LogP contribution in [0.2, 0.25) is 0 Å². The number of carbonyl (C=O) groups excluding carboxylic acids is 1. The maximum Gasteiger partial charge on any atom is 0.311 e. The molecule has 4 atom stereocenters. The highest BCUT2D eigenvalue weighted by Crippen LogP contribution is 2.49. The quantitative estimate of drug-likeness (QED) is 0.823. The standard InChI is InChI=1S/C20H28N2O3.ClH/c1-13-7-4-5-9-17(13)14(2)21-18(23)15(3)22-11-16-8-6-10-20(16,12-22)19(24)25;/h4-5,7,9,14-16H,6,8,10-12H2,1-3H3,(H,21,23)(H,24,25);1H/t14?,15?,16-,20+;/m0./s1. The summed E-state index contributed by atoms with van der Waals surface area (Å²) in [5.41, 5.74) is 1.63. The van der Waals surface area contributed by atoms with Gasteiger partial charge in [0, 0.05) is 13.1 Å². The van der Waals surface area contributed by atoms with Crippen molar-refractivity contribution < 1.29 is 14.7 Å². The zero-order chi connectivity index (χ0) is 18.2. The fraction of sp³-hybridized carbons (Fsp3) is 0.600. The number of hydrogen-bond donors (Lipinski definition) is 2. The minimum Gasteiger partial charge on any atom is -0.481 e. The second-order valence-corrected chi connectivity index (χ2v) is 7.74. The van der Waals surface area contributed by atoms with Crippen LogP contribution in [-0.4, -0.2) is 41.0 Å². The second-order valence-electron chi connectivity index (χ2n) is 7.74. The van der Waals surface area contributed by atoms with Crippen molar-refractivity contribution in [3.63, 3.8) is 0 Å². The molecule has 0 aromatic heterocycles. The number of hydrogen-bond acceptors (Lipinski definition) is 3. The van der Waals surface area contributed by atoms with Gasteiger partial charge in [0.2, 0.25) is 5.91 Å². The molecule has 144 valence electrons. The topological polar surface area (TPSA) is 69.6 Å². The summed E-state index contributed by atoms with van der Waals surface area (Å²) in [6, 6.07) is 7.67. The molecule has 1 amide bonds. The normalized spacial score (nSPS) is 27.3. The summed E-state index contributed by atoms with van der Waals surface area (Å²) in [5, 5.41) is 12.8. The first-order valence-electron chi connectivity index (χ1n) is 9.18. The summed E-state index contributed by atoms with van der Waals surface area (Å²) in [6.07, 6.45) is 2.67. The molecule has 1 heterocycles. The van der Waals surface area contributed by atoms with E-state index < -0.39 is 11.4 Å². The Balaban J connectivity index is 0.00000243. The molecular formula is C20H29ClN2O3. The summed E-state index contributed by atoms with van der Waals surface area (Å²) in [4.78, 5) is 26.6. The highest BCUT2D eigenvalue weighted by atomic mass is 35.5. The molecule has 1 aromatic rings. The highest BCUT2D eigenvalue weighted by molar-refractivity contribution is 5.85. The molecule has 5 nitrogen and oxygen atoms in total. The van der Waals surface area contributed by atoms with Gasteiger partial charge in [-0.3, -0.25) is 14.5 Å². The average Bonchev–Trinajstić information content (AvgIpc) is 3.12. The number of halogens is 1. The van der Waals surface area contributed by atoms with Crippen LogP contribution >= 0.6 is 12.4 Å². The summed E-state index contributed by atoms with van der Waals surface area (Å²) in [5.74, 6) is -0.552. The first kappa shape index (κ1) is 20.7. The third-order valence-electron chi connectivity index (χ3n) is 6.26. The number of aliphatic carboxylic acids is 1. The van der Waals surface area contributed by atoms with Crippen molar-refractivity contribution in [2.24, 2.45) is 11.3 Å². The number of nitrogens with zero attached hydrogens (tertiary/aromatic N) is 1. The van der Waals surface area contributed by atoms with Crippen molar-refractivity contribution >= 4 is 24.3 Å². The monoisotopic (exact) mass is 380 g/mol. The molecular weight excluding hydrogens is 352 g/mol. The van der Waals surface area contributed by atoms with Crippen LogP contribution in [0.15, 0.2) is 24.3 Å². The lowest BCUT2D eigenvalue weighted by atomic mass is 9.81. The maximum atomic E-state index is 12.7. The number of carbonyl (C=O) groups is 2. The lowest BCUT2D eigenvalue weighted by Gasteiger charge is -2.28. The number of rotatable bonds is 5. The van der Waals surface area contributed by atoms with E-state index in [2.05, 4.69) is 10.2 Å². The van der Waals surface area contributed by atoms with E-state index in [1.807, 2.05) is 45.0 Å². The Kier molecular flexibility index (Phi) is 6.35. The Morgan fingerprint density at radius 1 is 1.31 bits per heavy atom. The molecule has 3 rings (SSSR count). The first-order valence-corrected chi connectivity index (χ1v) is 9.18. The lowest BCUT2D eigenvalue weighted by molar-refractivity contribution is -0.149. The molecule has 2 unspecified atom stereocenters. The minimum atomic E-state index is -0.696. The molecule has 2 fully saturated rings. The summed E-state index contributed by atoms with van der Waals surface area (Å²) < 4.78 is 0. The zero-order valence-corrected chi connectivity index (χ0v) is 16.5. The van der Waals surface area contributed by atoms with Gasteiger partial charge >= 0.3 is 5.97 Å². The average molecular weight is 381 g/mol. The van der Waals surface area contributed by atoms with Gasteiger partial charge < -0.3 is 10.4 Å². The van der Waals surface area contributed by atoms with E-state index in [1.165, 1.54) is 0 Å². The minimum absolute atomic E-state index is 0. The van der Waals surface area contributed by atoms with Crippen LogP contribution in [0.3, 0.4) is 0 Å². The molecule has 1 aliphatic heterocycles. The molecule has 1 aliphatic carbocycles. The van der Waals surface area contributed by atoms with E-state index in [1.54, 1.807) is 0 Å². The van der Waals surface area contributed by atoms with Crippen molar-refractivity contribution in [2.75, 3.05) is 13.1 Å².